The van der Waals surface area contributed by atoms with Crippen LogP contribution in [0.1, 0.15) is 33.6 Å². The van der Waals surface area contributed by atoms with Gasteiger partial charge in [0.2, 0.25) is 5.91 Å². The summed E-state index contributed by atoms with van der Waals surface area (Å²) in [6.45, 7) is 7.47. The van der Waals surface area contributed by atoms with Gasteiger partial charge in [-0.15, -0.1) is 0 Å². The van der Waals surface area contributed by atoms with Gasteiger partial charge in [0.05, 0.1) is 0 Å². The van der Waals surface area contributed by atoms with Gasteiger partial charge in [-0.2, -0.15) is 0 Å². The molecule has 0 aromatic carbocycles. The molecule has 0 heterocycles. The zero-order valence-electron chi connectivity index (χ0n) is 11.8. The Bertz CT molecular complexity index is 287. The zero-order valence-corrected chi connectivity index (χ0v) is 11.8. The molecule has 1 rings (SSSR count). The first-order chi connectivity index (χ1) is 7.83. The van der Waals surface area contributed by atoms with E-state index in [4.69, 9.17) is 0 Å². The highest BCUT2D eigenvalue weighted by Gasteiger charge is 2.29. The third-order valence-electron chi connectivity index (χ3n) is 3.63. The topological polar surface area (TPSA) is 32.3 Å². The molecule has 0 spiro atoms. The average Bonchev–Trinajstić information content (AvgIpc) is 2.67. The van der Waals surface area contributed by atoms with E-state index < -0.39 is 0 Å². The molecule has 98 valence electrons. The van der Waals surface area contributed by atoms with Crippen LogP contribution in [0.4, 0.5) is 0 Å². The quantitative estimate of drug-likeness (QED) is 0.743. The molecule has 0 aromatic heterocycles. The number of hydrogen-bond acceptors (Lipinski definition) is 2. The predicted molar refractivity (Wildman–Crippen MR) is 71.8 cm³/mol. The largest absolute Gasteiger partial charge is 0.353 e. The molecular weight excluding hydrogens is 212 g/mol. The predicted octanol–water partition coefficient (Wildman–Crippen LogP) is 2.05. The van der Waals surface area contributed by atoms with Crippen LogP contribution in [0.3, 0.4) is 0 Å². The number of nitrogens with one attached hydrogen (secondary N) is 1. The molecule has 3 heteroatoms. The van der Waals surface area contributed by atoms with Crippen molar-refractivity contribution in [2.24, 2.45) is 11.3 Å². The summed E-state index contributed by atoms with van der Waals surface area (Å²) in [7, 11) is 4.13. The summed E-state index contributed by atoms with van der Waals surface area (Å²) in [5, 5.41) is 3.16. The van der Waals surface area contributed by atoms with Gasteiger partial charge in [-0.05, 0) is 39.3 Å². The summed E-state index contributed by atoms with van der Waals surface area (Å²) in [5.41, 5.74) is 0.0885. The molecule has 1 N–H and O–H groups in total. The maximum Gasteiger partial charge on any atom is 0.223 e. The molecule has 1 unspecified atom stereocenters. The van der Waals surface area contributed by atoms with Gasteiger partial charge in [-0.1, -0.05) is 26.0 Å². The molecule has 1 amide bonds. The molecule has 1 aliphatic carbocycles. The van der Waals surface area contributed by atoms with E-state index in [2.05, 4.69) is 57.2 Å². The number of allylic oxidation sites excluding steroid dienone is 2. The van der Waals surface area contributed by atoms with Crippen LogP contribution in [0.25, 0.3) is 0 Å². The van der Waals surface area contributed by atoms with E-state index in [0.717, 1.165) is 19.4 Å². The van der Waals surface area contributed by atoms with Crippen molar-refractivity contribution in [3.05, 3.63) is 12.2 Å². The number of carbonyl (C=O) groups is 1. The van der Waals surface area contributed by atoms with Crippen LogP contribution in [-0.2, 0) is 4.79 Å². The molecule has 0 saturated carbocycles. The molecule has 17 heavy (non-hydrogen) atoms. The molecule has 0 saturated heterocycles. The van der Waals surface area contributed by atoms with Gasteiger partial charge in [-0.3, -0.25) is 4.79 Å². The van der Waals surface area contributed by atoms with E-state index in [9.17, 15) is 4.79 Å². The molecule has 0 bridgehead atoms. The lowest BCUT2D eigenvalue weighted by Gasteiger charge is -2.35. The molecule has 1 aliphatic rings. The summed E-state index contributed by atoms with van der Waals surface area (Å²) in [4.78, 5) is 14.2. The molecule has 3 nitrogen and oxygen atoms in total. The third-order valence-corrected chi connectivity index (χ3v) is 3.63. The van der Waals surface area contributed by atoms with E-state index in [1.807, 2.05) is 0 Å². The summed E-state index contributed by atoms with van der Waals surface area (Å²) in [5.74, 6) is 0.363. The first-order valence-electron chi connectivity index (χ1n) is 6.43. The second-order valence-electron chi connectivity index (χ2n) is 6.10. The Kier molecular flexibility index (Phi) is 4.75. The Morgan fingerprint density at radius 1 is 1.41 bits per heavy atom. The molecular formula is C14H26N2O. The summed E-state index contributed by atoms with van der Waals surface area (Å²) in [6, 6.07) is 0.193. The first kappa shape index (κ1) is 14.2. The van der Waals surface area contributed by atoms with Gasteiger partial charge in [-0.25, -0.2) is 0 Å². The Labute approximate surface area is 105 Å². The van der Waals surface area contributed by atoms with Gasteiger partial charge >= 0.3 is 0 Å². The second-order valence-corrected chi connectivity index (χ2v) is 6.10. The van der Waals surface area contributed by atoms with Crippen molar-refractivity contribution in [3.63, 3.8) is 0 Å². The van der Waals surface area contributed by atoms with Crippen LogP contribution < -0.4 is 5.32 Å². The fourth-order valence-corrected chi connectivity index (χ4v) is 2.31. The van der Waals surface area contributed by atoms with Gasteiger partial charge < -0.3 is 10.2 Å². The highest BCUT2D eigenvalue weighted by Crippen LogP contribution is 2.23. The fourth-order valence-electron chi connectivity index (χ4n) is 2.31. The zero-order chi connectivity index (χ0) is 13.1. The van der Waals surface area contributed by atoms with Crippen molar-refractivity contribution in [3.8, 4) is 0 Å². The Hall–Kier alpha value is -0.830. The number of carbonyl (C=O) groups excluding carboxylic acids is 1. The van der Waals surface area contributed by atoms with Gasteiger partial charge in [0.25, 0.3) is 0 Å². The van der Waals surface area contributed by atoms with Crippen molar-refractivity contribution in [2.75, 3.05) is 20.6 Å². The van der Waals surface area contributed by atoms with Crippen LogP contribution in [0, 0.1) is 11.3 Å². The smallest absolute Gasteiger partial charge is 0.223 e. The lowest BCUT2D eigenvalue weighted by Crippen LogP contribution is -2.48. The average molecular weight is 238 g/mol. The Morgan fingerprint density at radius 2 is 1.94 bits per heavy atom. The van der Waals surface area contributed by atoms with Crippen molar-refractivity contribution >= 4 is 5.91 Å². The minimum absolute atomic E-state index is 0.0885. The maximum absolute atomic E-state index is 12.0. The van der Waals surface area contributed by atoms with Gasteiger partial charge in [0.1, 0.15) is 0 Å². The van der Waals surface area contributed by atoms with Crippen molar-refractivity contribution in [2.45, 2.75) is 39.7 Å². The van der Waals surface area contributed by atoms with E-state index in [1.165, 1.54) is 0 Å². The highest BCUT2D eigenvalue weighted by molar-refractivity contribution is 5.79. The minimum Gasteiger partial charge on any atom is -0.353 e. The lowest BCUT2D eigenvalue weighted by atomic mass is 9.84. The highest BCUT2D eigenvalue weighted by atomic mass is 16.1. The lowest BCUT2D eigenvalue weighted by molar-refractivity contribution is -0.126. The van der Waals surface area contributed by atoms with Gasteiger partial charge in [0.15, 0.2) is 0 Å². The van der Waals surface area contributed by atoms with Crippen molar-refractivity contribution in [1.29, 1.82) is 0 Å². The Balaban J connectivity index is 2.47. The van der Waals surface area contributed by atoms with Crippen molar-refractivity contribution < 1.29 is 4.79 Å². The standard InChI is InChI=1S/C14H26N2O/c1-11(14(2,3)10-16(4)5)15-13(17)12-8-6-7-9-12/h6-7,11-12H,8-10H2,1-5H3,(H,15,17). The minimum atomic E-state index is 0.0885. The number of nitrogens with zero attached hydrogens (tertiary/aromatic N) is 1. The molecule has 0 aromatic rings. The molecule has 0 radical (unpaired) electrons. The number of hydrogen-bond donors (Lipinski definition) is 1. The fraction of sp³-hybridized carbons (Fsp3) is 0.786. The summed E-state index contributed by atoms with van der Waals surface area (Å²) in [6.07, 6.45) is 5.99. The summed E-state index contributed by atoms with van der Waals surface area (Å²) < 4.78 is 0. The number of rotatable bonds is 5. The number of amides is 1. The SMILES string of the molecule is CC(NC(=O)C1CC=CC1)C(C)(C)CN(C)C. The molecule has 0 aliphatic heterocycles. The first-order valence-corrected chi connectivity index (χ1v) is 6.43. The van der Waals surface area contributed by atoms with E-state index in [-0.39, 0.29) is 23.3 Å². The van der Waals surface area contributed by atoms with E-state index in [1.54, 1.807) is 0 Å². The van der Waals surface area contributed by atoms with Crippen LogP contribution in [0.2, 0.25) is 0 Å². The Morgan fingerprint density at radius 3 is 2.41 bits per heavy atom. The van der Waals surface area contributed by atoms with Crippen LogP contribution >= 0.6 is 0 Å². The normalized spacial score (nSPS) is 18.7. The molecule has 1 atom stereocenters. The van der Waals surface area contributed by atoms with Crippen LogP contribution in [0.15, 0.2) is 12.2 Å². The van der Waals surface area contributed by atoms with E-state index in [0.29, 0.717) is 0 Å². The third kappa shape index (κ3) is 4.15. The van der Waals surface area contributed by atoms with Crippen molar-refractivity contribution in [1.82, 2.24) is 10.2 Å². The van der Waals surface area contributed by atoms with E-state index >= 15 is 0 Å². The van der Waals surface area contributed by atoms with Crippen LogP contribution in [-0.4, -0.2) is 37.5 Å². The summed E-state index contributed by atoms with van der Waals surface area (Å²) >= 11 is 0. The van der Waals surface area contributed by atoms with Gasteiger partial charge in [0, 0.05) is 18.5 Å². The molecule has 0 fully saturated rings. The second kappa shape index (κ2) is 5.67. The monoisotopic (exact) mass is 238 g/mol. The van der Waals surface area contributed by atoms with Crippen LogP contribution in [0.5, 0.6) is 0 Å². The maximum atomic E-state index is 12.0.